The first-order chi connectivity index (χ1) is 9.70. The Kier molecular flexibility index (Phi) is 5.51. The molecule has 2 heteroatoms. The second kappa shape index (κ2) is 7.37. The molecule has 0 N–H and O–H groups in total. The van der Waals surface area contributed by atoms with Crippen LogP contribution in [-0.2, 0) is 6.54 Å². The molecule has 0 amide bonds. The molecule has 1 aromatic heterocycles. The van der Waals surface area contributed by atoms with Crippen LogP contribution in [0.1, 0.15) is 52.9 Å². The first-order valence-corrected chi connectivity index (χ1v) is 7.96. The Morgan fingerprint density at radius 1 is 1.05 bits per heavy atom. The van der Waals surface area contributed by atoms with Crippen molar-refractivity contribution in [2.45, 2.75) is 65.5 Å². The smallest absolute Gasteiger partial charge is 0.120 e. The van der Waals surface area contributed by atoms with E-state index in [0.717, 1.165) is 12.3 Å². The molecule has 2 nitrogen and oxygen atoms in total. The number of hydrogen-bond acceptors (Lipinski definition) is 1. The van der Waals surface area contributed by atoms with Crippen molar-refractivity contribution in [2.75, 3.05) is 0 Å². The highest BCUT2D eigenvalue weighted by molar-refractivity contribution is 5.81. The van der Waals surface area contributed by atoms with E-state index in [-0.39, 0.29) is 6.10 Å². The van der Waals surface area contributed by atoms with Crippen LogP contribution in [0.15, 0.2) is 30.5 Å². The van der Waals surface area contributed by atoms with Crippen LogP contribution in [-0.4, -0.2) is 10.7 Å². The second-order valence-corrected chi connectivity index (χ2v) is 5.81. The molecule has 0 radical (unpaired) electrons. The zero-order valence-corrected chi connectivity index (χ0v) is 13.1. The predicted molar refractivity (Wildman–Crippen MR) is 86.5 cm³/mol. The zero-order valence-electron chi connectivity index (χ0n) is 13.1. The maximum Gasteiger partial charge on any atom is 0.120 e. The summed E-state index contributed by atoms with van der Waals surface area (Å²) in [5.41, 5.74) is 1.32. The Balaban J connectivity index is 1.97. The Morgan fingerprint density at radius 2 is 1.85 bits per heavy atom. The van der Waals surface area contributed by atoms with Crippen LogP contribution in [0.5, 0.6) is 5.75 Å². The van der Waals surface area contributed by atoms with Gasteiger partial charge in [-0.15, -0.1) is 0 Å². The van der Waals surface area contributed by atoms with Gasteiger partial charge in [0.25, 0.3) is 0 Å². The zero-order chi connectivity index (χ0) is 14.4. The van der Waals surface area contributed by atoms with Crippen molar-refractivity contribution in [3.05, 3.63) is 30.5 Å². The maximum atomic E-state index is 5.75. The summed E-state index contributed by atoms with van der Waals surface area (Å²) < 4.78 is 8.11. The lowest BCUT2D eigenvalue weighted by Crippen LogP contribution is -2.05. The third-order valence-corrected chi connectivity index (χ3v) is 3.62. The number of unbranched alkanes of at least 4 members (excludes halogenated alkanes) is 4. The third kappa shape index (κ3) is 4.03. The van der Waals surface area contributed by atoms with Gasteiger partial charge in [0.2, 0.25) is 0 Å². The van der Waals surface area contributed by atoms with E-state index in [1.807, 2.05) is 0 Å². The van der Waals surface area contributed by atoms with Crippen molar-refractivity contribution in [1.29, 1.82) is 0 Å². The van der Waals surface area contributed by atoms with Crippen molar-refractivity contribution in [3.63, 3.8) is 0 Å². The van der Waals surface area contributed by atoms with Gasteiger partial charge < -0.3 is 9.30 Å². The van der Waals surface area contributed by atoms with Gasteiger partial charge in [-0.05, 0) is 44.5 Å². The SMILES string of the molecule is CCCCCCCn1ccc2cc(OC(C)C)ccc21. The molecule has 0 unspecified atom stereocenters. The summed E-state index contributed by atoms with van der Waals surface area (Å²) in [6.07, 6.45) is 9.07. The Morgan fingerprint density at radius 3 is 2.60 bits per heavy atom. The fourth-order valence-corrected chi connectivity index (χ4v) is 2.60. The molecule has 2 aromatic rings. The van der Waals surface area contributed by atoms with Gasteiger partial charge in [0, 0.05) is 23.6 Å². The van der Waals surface area contributed by atoms with E-state index in [0.29, 0.717) is 0 Å². The van der Waals surface area contributed by atoms with E-state index >= 15 is 0 Å². The van der Waals surface area contributed by atoms with Gasteiger partial charge in [-0.1, -0.05) is 32.6 Å². The second-order valence-electron chi connectivity index (χ2n) is 5.81. The standard InChI is InChI=1S/C18H27NO/c1-4-5-6-7-8-12-19-13-11-16-14-17(20-15(2)3)9-10-18(16)19/h9-11,13-15H,4-8,12H2,1-3H3. The lowest BCUT2D eigenvalue weighted by molar-refractivity contribution is 0.243. The summed E-state index contributed by atoms with van der Waals surface area (Å²) in [7, 11) is 0. The molecule has 0 saturated carbocycles. The largest absolute Gasteiger partial charge is 0.491 e. The van der Waals surface area contributed by atoms with Crippen molar-refractivity contribution in [3.8, 4) is 5.75 Å². The lowest BCUT2D eigenvalue weighted by atomic mass is 10.1. The molecule has 0 aliphatic carbocycles. The molecule has 0 spiro atoms. The molecule has 0 atom stereocenters. The van der Waals surface area contributed by atoms with Crippen LogP contribution in [0.25, 0.3) is 10.9 Å². The van der Waals surface area contributed by atoms with Crippen molar-refractivity contribution >= 4 is 10.9 Å². The van der Waals surface area contributed by atoms with E-state index in [1.165, 1.54) is 43.0 Å². The first kappa shape index (κ1) is 15.0. The van der Waals surface area contributed by atoms with Crippen LogP contribution < -0.4 is 4.74 Å². The number of benzene rings is 1. The topological polar surface area (TPSA) is 14.2 Å². The molecule has 1 heterocycles. The average Bonchev–Trinajstić information content (AvgIpc) is 2.80. The van der Waals surface area contributed by atoms with Crippen LogP contribution in [0.4, 0.5) is 0 Å². The number of aromatic nitrogens is 1. The molecule has 20 heavy (non-hydrogen) atoms. The Bertz CT molecular complexity index is 527. The molecule has 2 rings (SSSR count). The summed E-state index contributed by atoms with van der Waals surface area (Å²) in [5, 5.41) is 1.27. The van der Waals surface area contributed by atoms with Crippen molar-refractivity contribution < 1.29 is 4.74 Å². The number of nitrogens with zero attached hydrogens (tertiary/aromatic N) is 1. The summed E-state index contributed by atoms with van der Waals surface area (Å²) in [5.74, 6) is 0.966. The normalized spacial score (nSPS) is 11.4. The maximum absolute atomic E-state index is 5.75. The quantitative estimate of drug-likeness (QED) is 0.587. The molecule has 0 aliphatic rings. The highest BCUT2D eigenvalue weighted by atomic mass is 16.5. The van der Waals surface area contributed by atoms with E-state index in [4.69, 9.17) is 4.74 Å². The molecular weight excluding hydrogens is 246 g/mol. The highest BCUT2D eigenvalue weighted by Crippen LogP contribution is 2.23. The number of ether oxygens (including phenoxy) is 1. The minimum atomic E-state index is 0.230. The van der Waals surface area contributed by atoms with E-state index in [9.17, 15) is 0 Å². The summed E-state index contributed by atoms with van der Waals surface area (Å²) >= 11 is 0. The minimum Gasteiger partial charge on any atom is -0.491 e. The summed E-state index contributed by atoms with van der Waals surface area (Å²) in [6.45, 7) is 7.51. The predicted octanol–water partition coefficient (Wildman–Crippen LogP) is 5.40. The summed E-state index contributed by atoms with van der Waals surface area (Å²) in [4.78, 5) is 0. The monoisotopic (exact) mass is 273 g/mol. The molecule has 0 saturated heterocycles. The molecule has 110 valence electrons. The molecule has 1 aromatic carbocycles. The minimum absolute atomic E-state index is 0.230. The Hall–Kier alpha value is -1.44. The van der Waals surface area contributed by atoms with Crippen molar-refractivity contribution in [2.24, 2.45) is 0 Å². The molecule has 0 aliphatic heterocycles. The van der Waals surface area contributed by atoms with E-state index in [2.05, 4.69) is 55.8 Å². The molecular formula is C18H27NO. The van der Waals surface area contributed by atoms with Gasteiger partial charge in [0.15, 0.2) is 0 Å². The molecule has 0 fully saturated rings. The van der Waals surface area contributed by atoms with Crippen molar-refractivity contribution in [1.82, 2.24) is 4.57 Å². The third-order valence-electron chi connectivity index (χ3n) is 3.62. The lowest BCUT2D eigenvalue weighted by Gasteiger charge is -2.10. The van der Waals surface area contributed by atoms with E-state index < -0.39 is 0 Å². The number of aryl methyl sites for hydroxylation is 1. The van der Waals surface area contributed by atoms with Gasteiger partial charge >= 0.3 is 0 Å². The van der Waals surface area contributed by atoms with Gasteiger partial charge in [-0.25, -0.2) is 0 Å². The van der Waals surface area contributed by atoms with Gasteiger partial charge in [-0.3, -0.25) is 0 Å². The van der Waals surface area contributed by atoms with Crippen LogP contribution in [0.3, 0.4) is 0 Å². The highest BCUT2D eigenvalue weighted by Gasteiger charge is 2.04. The Labute approximate surface area is 122 Å². The van der Waals surface area contributed by atoms with E-state index in [1.54, 1.807) is 0 Å². The van der Waals surface area contributed by atoms with Crippen LogP contribution in [0, 0.1) is 0 Å². The molecule has 0 bridgehead atoms. The van der Waals surface area contributed by atoms with Gasteiger partial charge in [0.05, 0.1) is 6.10 Å². The number of fused-ring (bicyclic) bond motifs is 1. The fourth-order valence-electron chi connectivity index (χ4n) is 2.60. The van der Waals surface area contributed by atoms with Crippen LogP contribution >= 0.6 is 0 Å². The summed E-state index contributed by atoms with van der Waals surface area (Å²) in [6, 6.07) is 8.59. The average molecular weight is 273 g/mol. The van der Waals surface area contributed by atoms with Gasteiger partial charge in [-0.2, -0.15) is 0 Å². The number of hydrogen-bond donors (Lipinski definition) is 0. The first-order valence-electron chi connectivity index (χ1n) is 7.96. The fraction of sp³-hybridized carbons (Fsp3) is 0.556. The van der Waals surface area contributed by atoms with Crippen LogP contribution in [0.2, 0.25) is 0 Å². The van der Waals surface area contributed by atoms with Gasteiger partial charge in [0.1, 0.15) is 5.75 Å². The number of rotatable bonds is 8.